The molecule has 1 unspecified atom stereocenters. The van der Waals surface area contributed by atoms with Crippen molar-refractivity contribution in [2.45, 2.75) is 62.4 Å². The largest absolute Gasteiger partial charge is 0.375 e. The van der Waals surface area contributed by atoms with Crippen LogP contribution in [0, 0.1) is 0 Å². The smallest absolute Gasteiger partial charge is 0.0691 e. The highest BCUT2D eigenvalue weighted by Gasteiger charge is 2.48. The highest BCUT2D eigenvalue weighted by molar-refractivity contribution is 9.10. The number of hydrogen-bond donors (Lipinski definition) is 1. The van der Waals surface area contributed by atoms with Crippen LogP contribution in [0.1, 0.15) is 56.2 Å². The number of halogens is 1. The van der Waals surface area contributed by atoms with E-state index in [0.717, 1.165) is 45.4 Å². The van der Waals surface area contributed by atoms with Gasteiger partial charge in [0.05, 0.1) is 5.60 Å². The standard InChI is InChI=1S/C24H31BrN2O/c25-21-8-2-1-7-20(21)10-16-26-17-13-23(22-9-3-6-15-27-22)14-18-28-24(19-23)11-4-5-12-24/h1-3,6-9,15,26H,4-5,10-14,16-19H2. The van der Waals surface area contributed by atoms with Gasteiger partial charge in [0.2, 0.25) is 0 Å². The van der Waals surface area contributed by atoms with E-state index in [9.17, 15) is 0 Å². The van der Waals surface area contributed by atoms with Gasteiger partial charge in [0.25, 0.3) is 0 Å². The van der Waals surface area contributed by atoms with Crippen LogP contribution in [-0.4, -0.2) is 30.3 Å². The molecule has 2 heterocycles. The molecule has 4 heteroatoms. The molecule has 0 amide bonds. The first-order valence-corrected chi connectivity index (χ1v) is 11.5. The van der Waals surface area contributed by atoms with Crippen LogP contribution in [0.5, 0.6) is 0 Å². The molecule has 28 heavy (non-hydrogen) atoms. The number of benzene rings is 1. The second-order valence-electron chi connectivity index (χ2n) is 8.50. The summed E-state index contributed by atoms with van der Waals surface area (Å²) in [7, 11) is 0. The van der Waals surface area contributed by atoms with E-state index in [1.54, 1.807) is 0 Å². The summed E-state index contributed by atoms with van der Waals surface area (Å²) in [5, 5.41) is 3.69. The van der Waals surface area contributed by atoms with Gasteiger partial charge in [-0.15, -0.1) is 0 Å². The summed E-state index contributed by atoms with van der Waals surface area (Å²) in [4.78, 5) is 4.80. The van der Waals surface area contributed by atoms with Crippen molar-refractivity contribution in [2.24, 2.45) is 0 Å². The fourth-order valence-corrected chi connectivity index (χ4v) is 5.66. The van der Waals surface area contributed by atoms with E-state index in [2.05, 4.69) is 57.6 Å². The van der Waals surface area contributed by atoms with Crippen molar-refractivity contribution in [1.82, 2.24) is 10.3 Å². The molecule has 2 aromatic rings. The fourth-order valence-electron chi connectivity index (χ4n) is 5.17. The van der Waals surface area contributed by atoms with Crippen LogP contribution >= 0.6 is 15.9 Å². The van der Waals surface area contributed by atoms with Crippen LogP contribution in [0.25, 0.3) is 0 Å². The Labute approximate surface area is 177 Å². The van der Waals surface area contributed by atoms with Gasteiger partial charge < -0.3 is 10.1 Å². The normalized spacial score (nSPS) is 23.9. The van der Waals surface area contributed by atoms with Gasteiger partial charge in [-0.25, -0.2) is 0 Å². The van der Waals surface area contributed by atoms with Gasteiger partial charge in [0, 0.05) is 28.4 Å². The monoisotopic (exact) mass is 442 g/mol. The van der Waals surface area contributed by atoms with Gasteiger partial charge in [0.15, 0.2) is 0 Å². The summed E-state index contributed by atoms with van der Waals surface area (Å²) in [5.74, 6) is 0. The molecule has 3 nitrogen and oxygen atoms in total. The summed E-state index contributed by atoms with van der Waals surface area (Å²) < 4.78 is 7.55. The maximum atomic E-state index is 6.35. The van der Waals surface area contributed by atoms with Crippen molar-refractivity contribution < 1.29 is 4.74 Å². The Morgan fingerprint density at radius 3 is 2.61 bits per heavy atom. The third kappa shape index (κ3) is 4.50. The summed E-state index contributed by atoms with van der Waals surface area (Å²) in [6.07, 6.45) is 11.4. The van der Waals surface area contributed by atoms with Crippen LogP contribution in [-0.2, 0) is 16.6 Å². The Morgan fingerprint density at radius 2 is 1.82 bits per heavy atom. The second kappa shape index (κ2) is 9.06. The Bertz CT molecular complexity index is 760. The molecule has 1 N–H and O–H groups in total. The minimum absolute atomic E-state index is 0.102. The first-order valence-electron chi connectivity index (χ1n) is 10.7. The summed E-state index contributed by atoms with van der Waals surface area (Å²) >= 11 is 3.65. The third-order valence-corrected chi connectivity index (χ3v) is 7.46. The number of hydrogen-bond acceptors (Lipinski definition) is 3. The van der Waals surface area contributed by atoms with Gasteiger partial charge in [-0.05, 0) is 75.4 Å². The molecule has 0 bridgehead atoms. The molecule has 1 aliphatic carbocycles. The Kier molecular flexibility index (Phi) is 6.49. The van der Waals surface area contributed by atoms with E-state index in [0.29, 0.717) is 0 Å². The molecular formula is C24H31BrN2O. The van der Waals surface area contributed by atoms with Gasteiger partial charge >= 0.3 is 0 Å². The summed E-state index contributed by atoms with van der Waals surface area (Å²) in [6.45, 7) is 2.90. The number of pyridine rings is 1. The van der Waals surface area contributed by atoms with E-state index in [1.165, 1.54) is 41.4 Å². The zero-order valence-corrected chi connectivity index (χ0v) is 18.2. The minimum atomic E-state index is 0.102. The minimum Gasteiger partial charge on any atom is -0.375 e. The van der Waals surface area contributed by atoms with Gasteiger partial charge in [-0.2, -0.15) is 0 Å². The van der Waals surface area contributed by atoms with Gasteiger partial charge in [-0.1, -0.05) is 53.0 Å². The SMILES string of the molecule is Brc1ccccc1CCNCCC1(c2ccccn2)CCOC2(CCCC2)C1. The predicted molar refractivity (Wildman–Crippen MR) is 118 cm³/mol. The number of nitrogens with one attached hydrogen (secondary N) is 1. The lowest BCUT2D eigenvalue weighted by molar-refractivity contribution is -0.104. The first kappa shape index (κ1) is 20.1. The number of ether oxygens (including phenoxy) is 1. The van der Waals surface area contributed by atoms with Crippen LogP contribution in [0.2, 0.25) is 0 Å². The van der Waals surface area contributed by atoms with E-state index >= 15 is 0 Å². The highest BCUT2D eigenvalue weighted by atomic mass is 79.9. The Balaban J connectivity index is 1.40. The van der Waals surface area contributed by atoms with Crippen LogP contribution < -0.4 is 5.32 Å². The molecule has 2 fully saturated rings. The van der Waals surface area contributed by atoms with Crippen LogP contribution in [0.4, 0.5) is 0 Å². The van der Waals surface area contributed by atoms with Crippen LogP contribution in [0.15, 0.2) is 53.1 Å². The molecule has 1 aromatic heterocycles. The van der Waals surface area contributed by atoms with Gasteiger partial charge in [0.1, 0.15) is 0 Å². The molecule has 1 aliphatic heterocycles. The molecule has 4 rings (SSSR count). The lowest BCUT2D eigenvalue weighted by Crippen LogP contribution is -2.47. The van der Waals surface area contributed by atoms with Crippen molar-refractivity contribution in [2.75, 3.05) is 19.7 Å². The van der Waals surface area contributed by atoms with Crippen molar-refractivity contribution in [3.63, 3.8) is 0 Å². The number of rotatable bonds is 7. The molecule has 150 valence electrons. The maximum Gasteiger partial charge on any atom is 0.0691 e. The predicted octanol–water partition coefficient (Wildman–Crippen LogP) is 5.43. The number of aromatic nitrogens is 1. The van der Waals surface area contributed by atoms with E-state index in [-0.39, 0.29) is 11.0 Å². The molecule has 1 spiro atoms. The first-order chi connectivity index (χ1) is 13.7. The molecular weight excluding hydrogens is 412 g/mol. The van der Waals surface area contributed by atoms with Gasteiger partial charge in [-0.3, -0.25) is 4.98 Å². The highest BCUT2D eigenvalue weighted by Crippen LogP contribution is 2.49. The molecule has 1 atom stereocenters. The number of nitrogens with zero attached hydrogens (tertiary/aromatic N) is 1. The molecule has 0 radical (unpaired) electrons. The van der Waals surface area contributed by atoms with E-state index in [1.807, 2.05) is 12.3 Å². The van der Waals surface area contributed by atoms with Crippen molar-refractivity contribution in [3.05, 3.63) is 64.4 Å². The maximum absolute atomic E-state index is 6.35. The lowest BCUT2D eigenvalue weighted by atomic mass is 9.68. The average Bonchev–Trinajstić information content (AvgIpc) is 3.17. The molecule has 1 saturated carbocycles. The van der Waals surface area contributed by atoms with Crippen molar-refractivity contribution in [3.8, 4) is 0 Å². The van der Waals surface area contributed by atoms with Crippen molar-refractivity contribution >= 4 is 15.9 Å². The Hall–Kier alpha value is -1.23. The molecule has 2 aliphatic rings. The Morgan fingerprint density at radius 1 is 1.00 bits per heavy atom. The third-order valence-electron chi connectivity index (χ3n) is 6.68. The van der Waals surface area contributed by atoms with E-state index in [4.69, 9.17) is 9.72 Å². The fraction of sp³-hybridized carbons (Fsp3) is 0.542. The average molecular weight is 443 g/mol. The topological polar surface area (TPSA) is 34.2 Å². The molecule has 1 aromatic carbocycles. The zero-order chi connectivity index (χ0) is 19.3. The second-order valence-corrected chi connectivity index (χ2v) is 9.36. The lowest BCUT2D eigenvalue weighted by Gasteiger charge is -2.46. The molecule has 1 saturated heterocycles. The van der Waals surface area contributed by atoms with Crippen LogP contribution in [0.3, 0.4) is 0 Å². The quantitative estimate of drug-likeness (QED) is 0.580. The van der Waals surface area contributed by atoms with E-state index < -0.39 is 0 Å². The zero-order valence-electron chi connectivity index (χ0n) is 16.6. The summed E-state index contributed by atoms with van der Waals surface area (Å²) in [5.41, 5.74) is 2.87. The summed E-state index contributed by atoms with van der Waals surface area (Å²) in [6, 6.07) is 14.9. The van der Waals surface area contributed by atoms with Crippen molar-refractivity contribution in [1.29, 1.82) is 0 Å².